The number of aromatic nitrogens is 2. The molecule has 1 atom stereocenters. The quantitative estimate of drug-likeness (QED) is 0.557. The number of piperidine rings is 1. The van der Waals surface area contributed by atoms with Gasteiger partial charge in [-0.2, -0.15) is 0 Å². The summed E-state index contributed by atoms with van der Waals surface area (Å²) in [5.41, 5.74) is 2.79. The van der Waals surface area contributed by atoms with Gasteiger partial charge in [0.15, 0.2) is 0 Å². The number of nitrogens with zero attached hydrogens (tertiary/aromatic N) is 2. The van der Waals surface area contributed by atoms with E-state index < -0.39 is 6.10 Å². The third-order valence-electron chi connectivity index (χ3n) is 5.77. The molecule has 2 aromatic carbocycles. The first-order valence-electron chi connectivity index (χ1n) is 10.5. The number of imidazole rings is 1. The Hall–Kier alpha value is -2.48. The van der Waals surface area contributed by atoms with Gasteiger partial charge in [0.05, 0.1) is 30.4 Å². The molecule has 1 aliphatic rings. The van der Waals surface area contributed by atoms with Gasteiger partial charge in [-0.3, -0.25) is 4.57 Å². The van der Waals surface area contributed by atoms with E-state index in [2.05, 4.69) is 9.88 Å². The van der Waals surface area contributed by atoms with Gasteiger partial charge < -0.3 is 19.7 Å². The minimum absolute atomic E-state index is 0.0516. The SMILES string of the molecule is O=c1[nH]c2ccccc2n1C1CCN(CC(O)COCCc2ccc(F)cc2)CC1. The van der Waals surface area contributed by atoms with Crippen molar-refractivity contribution in [3.05, 3.63) is 70.4 Å². The van der Waals surface area contributed by atoms with E-state index >= 15 is 0 Å². The number of aromatic amines is 1. The summed E-state index contributed by atoms with van der Waals surface area (Å²) in [7, 11) is 0. The Balaban J connectivity index is 1.20. The highest BCUT2D eigenvalue weighted by atomic mass is 19.1. The standard InChI is InChI=1S/C23H28FN3O3/c24-18-7-5-17(6-8-18)11-14-30-16-20(28)15-26-12-9-19(10-13-26)27-22-4-2-1-3-21(22)25-23(27)29/h1-8,19-20,28H,9-16H2,(H,25,29). The minimum atomic E-state index is -0.550. The predicted molar refractivity (Wildman–Crippen MR) is 114 cm³/mol. The summed E-state index contributed by atoms with van der Waals surface area (Å²) in [6.45, 7) is 3.01. The van der Waals surface area contributed by atoms with Crippen LogP contribution in [0.5, 0.6) is 0 Å². The van der Waals surface area contributed by atoms with E-state index in [4.69, 9.17) is 4.74 Å². The lowest BCUT2D eigenvalue weighted by atomic mass is 10.0. The number of aliphatic hydroxyl groups excluding tert-OH is 1. The number of ether oxygens (including phenoxy) is 1. The number of rotatable bonds is 8. The number of para-hydroxylation sites is 2. The zero-order chi connectivity index (χ0) is 20.9. The molecule has 0 aliphatic carbocycles. The van der Waals surface area contributed by atoms with E-state index in [0.29, 0.717) is 19.6 Å². The van der Waals surface area contributed by atoms with Crippen LogP contribution in [0.3, 0.4) is 0 Å². The molecule has 0 spiro atoms. The number of hydrogen-bond acceptors (Lipinski definition) is 4. The van der Waals surface area contributed by atoms with Crippen molar-refractivity contribution in [1.29, 1.82) is 0 Å². The van der Waals surface area contributed by atoms with Gasteiger partial charge in [0.25, 0.3) is 0 Å². The molecule has 0 bridgehead atoms. The first-order valence-corrected chi connectivity index (χ1v) is 10.5. The third-order valence-corrected chi connectivity index (χ3v) is 5.77. The summed E-state index contributed by atoms with van der Waals surface area (Å²) in [4.78, 5) is 17.5. The van der Waals surface area contributed by atoms with Crippen LogP contribution >= 0.6 is 0 Å². The molecule has 0 saturated carbocycles. The molecular weight excluding hydrogens is 385 g/mol. The van der Waals surface area contributed by atoms with E-state index in [1.54, 1.807) is 12.1 Å². The molecule has 3 aromatic rings. The molecule has 6 nitrogen and oxygen atoms in total. The van der Waals surface area contributed by atoms with Crippen LogP contribution in [0.25, 0.3) is 11.0 Å². The van der Waals surface area contributed by atoms with Crippen LogP contribution in [0, 0.1) is 5.82 Å². The lowest BCUT2D eigenvalue weighted by Gasteiger charge is -2.33. The zero-order valence-electron chi connectivity index (χ0n) is 17.0. The van der Waals surface area contributed by atoms with E-state index in [-0.39, 0.29) is 24.2 Å². The van der Waals surface area contributed by atoms with Gasteiger partial charge in [-0.1, -0.05) is 24.3 Å². The maximum atomic E-state index is 12.9. The smallest absolute Gasteiger partial charge is 0.326 e. The van der Waals surface area contributed by atoms with Crippen LogP contribution < -0.4 is 5.69 Å². The summed E-state index contributed by atoms with van der Waals surface area (Å²) < 4.78 is 20.4. The molecule has 0 radical (unpaired) electrons. The van der Waals surface area contributed by atoms with Crippen LogP contribution in [0.1, 0.15) is 24.4 Å². The van der Waals surface area contributed by atoms with Crippen molar-refractivity contribution in [2.45, 2.75) is 31.4 Å². The van der Waals surface area contributed by atoms with Crippen molar-refractivity contribution < 1.29 is 14.2 Å². The number of β-amino-alcohol motifs (C(OH)–C–C–N with tert-alkyl or cyclic N) is 1. The van der Waals surface area contributed by atoms with Crippen molar-refractivity contribution in [2.24, 2.45) is 0 Å². The predicted octanol–water partition coefficient (Wildman–Crippen LogP) is 2.73. The molecule has 1 saturated heterocycles. The van der Waals surface area contributed by atoms with Gasteiger partial charge in [0.2, 0.25) is 0 Å². The van der Waals surface area contributed by atoms with Crippen molar-refractivity contribution in [3.8, 4) is 0 Å². The van der Waals surface area contributed by atoms with Crippen LogP contribution in [-0.4, -0.2) is 58.5 Å². The van der Waals surface area contributed by atoms with Gasteiger partial charge >= 0.3 is 5.69 Å². The highest BCUT2D eigenvalue weighted by Crippen LogP contribution is 2.24. The highest BCUT2D eigenvalue weighted by Gasteiger charge is 2.24. The number of halogens is 1. The van der Waals surface area contributed by atoms with Gasteiger partial charge in [-0.05, 0) is 49.1 Å². The van der Waals surface area contributed by atoms with Crippen molar-refractivity contribution in [1.82, 2.24) is 14.5 Å². The Labute approximate surface area is 174 Å². The summed E-state index contributed by atoms with van der Waals surface area (Å²) in [5.74, 6) is -0.242. The first-order chi connectivity index (χ1) is 14.6. The van der Waals surface area contributed by atoms with Gasteiger partial charge in [-0.25, -0.2) is 9.18 Å². The van der Waals surface area contributed by atoms with Gasteiger partial charge in [-0.15, -0.1) is 0 Å². The summed E-state index contributed by atoms with van der Waals surface area (Å²) in [6, 6.07) is 14.3. The normalized spacial score (nSPS) is 16.9. The molecule has 1 aliphatic heterocycles. The van der Waals surface area contributed by atoms with Crippen LogP contribution in [0.2, 0.25) is 0 Å². The third kappa shape index (κ3) is 4.98. The number of fused-ring (bicyclic) bond motifs is 1. The highest BCUT2D eigenvalue weighted by molar-refractivity contribution is 5.75. The van der Waals surface area contributed by atoms with Gasteiger partial charge in [0.1, 0.15) is 5.82 Å². The monoisotopic (exact) mass is 413 g/mol. The number of aliphatic hydroxyl groups is 1. The zero-order valence-corrected chi connectivity index (χ0v) is 17.0. The molecule has 30 heavy (non-hydrogen) atoms. The molecule has 2 N–H and O–H groups in total. The fraction of sp³-hybridized carbons (Fsp3) is 0.435. The van der Waals surface area contributed by atoms with Crippen molar-refractivity contribution in [3.63, 3.8) is 0 Å². The fourth-order valence-electron chi connectivity index (χ4n) is 4.21. The second-order valence-electron chi connectivity index (χ2n) is 7.95. The van der Waals surface area contributed by atoms with E-state index in [9.17, 15) is 14.3 Å². The molecule has 1 aromatic heterocycles. The average molecular weight is 413 g/mol. The lowest BCUT2D eigenvalue weighted by molar-refractivity contribution is 0.0120. The summed E-state index contributed by atoms with van der Waals surface area (Å²) >= 11 is 0. The molecule has 1 fully saturated rings. The second-order valence-corrected chi connectivity index (χ2v) is 7.95. The topological polar surface area (TPSA) is 70.5 Å². The van der Waals surface area contributed by atoms with Crippen LogP contribution in [0.15, 0.2) is 53.3 Å². The maximum Gasteiger partial charge on any atom is 0.326 e. The van der Waals surface area contributed by atoms with E-state index in [1.807, 2.05) is 28.8 Å². The summed E-state index contributed by atoms with van der Waals surface area (Å²) in [5, 5.41) is 10.3. The Morgan fingerprint density at radius 2 is 1.87 bits per heavy atom. The largest absolute Gasteiger partial charge is 0.389 e. The molecular formula is C23H28FN3O3. The van der Waals surface area contributed by atoms with E-state index in [0.717, 1.165) is 42.5 Å². The minimum Gasteiger partial charge on any atom is -0.389 e. The molecule has 2 heterocycles. The number of nitrogens with one attached hydrogen (secondary N) is 1. The fourth-order valence-corrected chi connectivity index (χ4v) is 4.21. The number of benzene rings is 2. The van der Waals surface area contributed by atoms with Crippen molar-refractivity contribution in [2.75, 3.05) is 32.8 Å². The number of H-pyrrole nitrogens is 1. The maximum absolute atomic E-state index is 12.9. The average Bonchev–Trinajstić information content (AvgIpc) is 3.09. The van der Waals surface area contributed by atoms with Crippen LogP contribution in [0.4, 0.5) is 4.39 Å². The Bertz CT molecular complexity index is 1010. The molecule has 0 amide bonds. The second kappa shape index (κ2) is 9.55. The van der Waals surface area contributed by atoms with Crippen molar-refractivity contribution >= 4 is 11.0 Å². The Kier molecular flexibility index (Phi) is 6.62. The molecule has 7 heteroatoms. The lowest BCUT2D eigenvalue weighted by Crippen LogP contribution is -2.41. The van der Waals surface area contributed by atoms with E-state index in [1.165, 1.54) is 12.1 Å². The Morgan fingerprint density at radius 3 is 2.63 bits per heavy atom. The summed E-state index contributed by atoms with van der Waals surface area (Å²) in [6.07, 6.45) is 1.89. The van der Waals surface area contributed by atoms with Crippen LogP contribution in [-0.2, 0) is 11.2 Å². The number of likely N-dealkylation sites (tertiary alicyclic amines) is 1. The molecule has 4 rings (SSSR count). The van der Waals surface area contributed by atoms with Gasteiger partial charge in [0, 0.05) is 25.7 Å². The first kappa shape index (κ1) is 20.8. The Morgan fingerprint density at radius 1 is 1.13 bits per heavy atom. The number of hydrogen-bond donors (Lipinski definition) is 2. The molecule has 1 unspecified atom stereocenters. The molecule has 160 valence electrons.